The normalized spacial score (nSPS) is 31.5. The number of halogens is 1. The van der Waals surface area contributed by atoms with E-state index in [1.54, 1.807) is 32.6 Å². The topological polar surface area (TPSA) is 114 Å². The van der Waals surface area contributed by atoms with E-state index in [9.17, 15) is 13.5 Å². The molecule has 2 bridgehead atoms. The van der Waals surface area contributed by atoms with E-state index < -0.39 is 27.1 Å². The molecule has 52 heavy (non-hydrogen) atoms. The molecular weight excluding hydrogens is 696 g/mol. The van der Waals surface area contributed by atoms with E-state index in [0.29, 0.717) is 37.4 Å². The highest BCUT2D eigenvalue weighted by Gasteiger charge is 2.49. The molecule has 2 N–H and O–H groups in total. The molecule has 0 amide bonds. The molecule has 7 rings (SSSR count). The smallest absolute Gasteiger partial charge is 0.216 e. The van der Waals surface area contributed by atoms with Crippen LogP contribution < -0.4 is 14.4 Å². The number of aryl methyl sites for hydroxylation is 2. The maximum Gasteiger partial charge on any atom is 0.216 e. The number of sulfonamides is 1. The Morgan fingerprint density at radius 3 is 2.75 bits per heavy atom. The molecule has 0 saturated heterocycles. The van der Waals surface area contributed by atoms with Gasteiger partial charge in [-0.15, -0.1) is 0 Å². The van der Waals surface area contributed by atoms with Crippen LogP contribution in [0.25, 0.3) is 0 Å². The van der Waals surface area contributed by atoms with Gasteiger partial charge < -0.3 is 19.5 Å². The summed E-state index contributed by atoms with van der Waals surface area (Å²) in [5, 5.41) is 11.4. The monoisotopic (exact) mass is 746 g/mol. The van der Waals surface area contributed by atoms with Crippen molar-refractivity contribution in [3.63, 3.8) is 0 Å². The minimum Gasteiger partial charge on any atom is -0.490 e. The summed E-state index contributed by atoms with van der Waals surface area (Å²) in [6, 6.07) is 13.8. The molecule has 3 heterocycles. The fourth-order valence-electron chi connectivity index (χ4n) is 9.06. The van der Waals surface area contributed by atoms with Crippen molar-refractivity contribution in [3.05, 3.63) is 82.4 Å². The molecule has 278 valence electrons. The number of methoxy groups -OCH3 is 1. The van der Waals surface area contributed by atoms with Crippen LogP contribution in [-0.4, -0.2) is 61.1 Å². The van der Waals surface area contributed by atoms with E-state index in [-0.39, 0.29) is 17.3 Å². The Morgan fingerprint density at radius 2 is 1.98 bits per heavy atom. The molecule has 2 aliphatic heterocycles. The average Bonchev–Trinajstić information content (AvgIpc) is 3.27. The second-order valence-corrected chi connectivity index (χ2v) is 18.0. The van der Waals surface area contributed by atoms with Gasteiger partial charge in [-0.3, -0.25) is 0 Å². The Bertz CT molecular complexity index is 1920. The lowest BCUT2D eigenvalue weighted by molar-refractivity contribution is -0.0743. The quantitative estimate of drug-likeness (QED) is 0.283. The highest BCUT2D eigenvalue weighted by Crippen LogP contribution is 2.50. The van der Waals surface area contributed by atoms with Crippen molar-refractivity contribution < 1.29 is 23.0 Å². The summed E-state index contributed by atoms with van der Waals surface area (Å²) in [4.78, 5) is 10.8. The average molecular weight is 747 g/mol. The van der Waals surface area contributed by atoms with Crippen LogP contribution in [0.5, 0.6) is 5.75 Å². The van der Waals surface area contributed by atoms with E-state index in [4.69, 9.17) is 21.1 Å². The number of aliphatic hydroxyl groups excluding tert-OH is 1. The van der Waals surface area contributed by atoms with E-state index in [1.165, 1.54) is 11.1 Å². The standard InChI is InChI=1S/C41H51ClN4O5S/c1-28-8-6-20-41(50-3,19-5-4-10-34-17-21-43-27-44-34)36-14-11-32(36)24-46-25-40(18-7-9-30-22-33(42)13-15-35(30)40)26-51-38-16-12-31(23-37(38)46)39(47)45-52(48,49)29(28)2/h12-13,15-17,21-23,27-29,32,36,39,45,47H,4,6-11,14,18,20,24-26H2,1-3H3/t28-,29+,32-,36+,39?,40-,41-/m0/s1. The second kappa shape index (κ2) is 15.3. The maximum absolute atomic E-state index is 13.6. The molecular formula is C41H51ClN4O5S. The fraction of sp³-hybridized carbons (Fsp3) is 0.561. The van der Waals surface area contributed by atoms with Gasteiger partial charge in [0.1, 0.15) is 23.9 Å². The van der Waals surface area contributed by atoms with Crippen LogP contribution in [0.2, 0.25) is 5.02 Å². The van der Waals surface area contributed by atoms with Crippen molar-refractivity contribution in [1.29, 1.82) is 0 Å². The first-order valence-electron chi connectivity index (χ1n) is 18.8. The highest BCUT2D eigenvalue weighted by molar-refractivity contribution is 7.90. The first-order valence-corrected chi connectivity index (χ1v) is 20.7. The molecule has 0 radical (unpaired) electrons. The van der Waals surface area contributed by atoms with Gasteiger partial charge in [-0.1, -0.05) is 42.5 Å². The van der Waals surface area contributed by atoms with Crippen LogP contribution in [-0.2, 0) is 33.0 Å². The van der Waals surface area contributed by atoms with Gasteiger partial charge in [-0.05, 0) is 117 Å². The summed E-state index contributed by atoms with van der Waals surface area (Å²) < 4.78 is 43.0. The van der Waals surface area contributed by atoms with E-state index >= 15 is 0 Å². The molecule has 7 atom stereocenters. The van der Waals surface area contributed by atoms with Gasteiger partial charge in [0, 0.05) is 61.3 Å². The molecule has 9 nitrogen and oxygen atoms in total. The number of hydrogen-bond donors (Lipinski definition) is 2. The fourth-order valence-corrected chi connectivity index (χ4v) is 10.7. The number of nitrogens with zero attached hydrogens (tertiary/aromatic N) is 3. The summed E-state index contributed by atoms with van der Waals surface area (Å²) in [5.74, 6) is 8.23. The lowest BCUT2D eigenvalue weighted by atomic mass is 9.62. The van der Waals surface area contributed by atoms with Crippen molar-refractivity contribution in [2.24, 2.45) is 17.8 Å². The van der Waals surface area contributed by atoms with Crippen LogP contribution in [0.4, 0.5) is 5.69 Å². The van der Waals surface area contributed by atoms with Gasteiger partial charge in [-0.25, -0.2) is 18.4 Å². The van der Waals surface area contributed by atoms with Crippen LogP contribution in [0.3, 0.4) is 0 Å². The molecule has 1 fully saturated rings. The Hall–Kier alpha value is -3.20. The number of benzene rings is 2. The van der Waals surface area contributed by atoms with E-state index in [2.05, 4.69) is 43.6 Å². The zero-order chi connectivity index (χ0) is 36.5. The number of anilines is 1. The van der Waals surface area contributed by atoms with E-state index in [0.717, 1.165) is 80.2 Å². The molecule has 1 saturated carbocycles. The van der Waals surface area contributed by atoms with Gasteiger partial charge in [0.15, 0.2) is 0 Å². The third kappa shape index (κ3) is 7.45. The van der Waals surface area contributed by atoms with Gasteiger partial charge in [0.25, 0.3) is 0 Å². The summed E-state index contributed by atoms with van der Waals surface area (Å²) in [6.45, 7) is 5.70. The Kier molecular flexibility index (Phi) is 10.9. The van der Waals surface area contributed by atoms with Crippen molar-refractivity contribution in [3.8, 4) is 17.6 Å². The lowest BCUT2D eigenvalue weighted by Gasteiger charge is -2.50. The summed E-state index contributed by atoms with van der Waals surface area (Å²) in [6.07, 6.45) is 10.6. The molecule has 1 unspecified atom stereocenters. The number of ether oxygens (including phenoxy) is 2. The van der Waals surface area contributed by atoms with Crippen molar-refractivity contribution in [2.75, 3.05) is 31.7 Å². The molecule has 1 spiro atoms. The first kappa shape index (κ1) is 37.1. The number of nitrogens with one attached hydrogen (secondary N) is 1. The Labute approximate surface area is 313 Å². The third-order valence-corrected chi connectivity index (χ3v) is 14.7. The molecule has 4 aliphatic rings. The third-order valence-electron chi connectivity index (χ3n) is 12.4. The number of aromatic nitrogens is 2. The van der Waals surface area contributed by atoms with Gasteiger partial charge in [0.05, 0.1) is 17.5 Å². The minimum atomic E-state index is -3.85. The number of rotatable bonds is 3. The minimum absolute atomic E-state index is 0.143. The summed E-state index contributed by atoms with van der Waals surface area (Å²) in [5.41, 5.74) is 3.94. The van der Waals surface area contributed by atoms with Crippen molar-refractivity contribution >= 4 is 27.3 Å². The molecule has 2 aliphatic carbocycles. The number of aliphatic hydroxyl groups is 1. The van der Waals surface area contributed by atoms with Crippen LogP contribution in [0, 0.1) is 29.6 Å². The largest absolute Gasteiger partial charge is 0.490 e. The zero-order valence-corrected chi connectivity index (χ0v) is 32.1. The van der Waals surface area contributed by atoms with Gasteiger partial charge >= 0.3 is 0 Å². The van der Waals surface area contributed by atoms with Crippen LogP contribution >= 0.6 is 11.6 Å². The number of fused-ring (bicyclic) bond motifs is 4. The zero-order valence-electron chi connectivity index (χ0n) is 30.5. The highest BCUT2D eigenvalue weighted by atomic mass is 35.5. The van der Waals surface area contributed by atoms with Crippen LogP contribution in [0.15, 0.2) is 55.0 Å². The number of hydrogen-bond acceptors (Lipinski definition) is 8. The Balaban J connectivity index is 1.28. The van der Waals surface area contributed by atoms with Crippen molar-refractivity contribution in [1.82, 2.24) is 14.7 Å². The second-order valence-electron chi connectivity index (χ2n) is 15.5. The van der Waals surface area contributed by atoms with Gasteiger partial charge in [0.2, 0.25) is 10.0 Å². The molecule has 1 aromatic heterocycles. The molecule has 2 aromatic carbocycles. The van der Waals surface area contributed by atoms with Gasteiger partial charge in [-0.2, -0.15) is 4.72 Å². The predicted molar refractivity (Wildman–Crippen MR) is 204 cm³/mol. The molecule has 11 heteroatoms. The first-order chi connectivity index (χ1) is 25.0. The predicted octanol–water partition coefficient (Wildman–Crippen LogP) is 6.77. The van der Waals surface area contributed by atoms with Crippen molar-refractivity contribution in [2.45, 2.75) is 101 Å². The lowest BCUT2D eigenvalue weighted by Crippen LogP contribution is -2.53. The maximum atomic E-state index is 13.6. The van der Waals surface area contributed by atoms with E-state index in [1.807, 2.05) is 31.2 Å². The summed E-state index contributed by atoms with van der Waals surface area (Å²) >= 11 is 6.49. The SMILES string of the molecule is CO[C@@]1(C#CCCc2ccncn2)CCC[C@H](C)[C@@H](C)S(=O)(=O)NC(O)c2ccc3c(c2)N(C[C@@H]2CC[C@H]21)C[C@@]1(CCCc2cc(Cl)ccc21)CO3. The molecule has 3 aromatic rings. The summed E-state index contributed by atoms with van der Waals surface area (Å²) in [7, 11) is -2.06. The Morgan fingerprint density at radius 1 is 1.12 bits per heavy atom. The van der Waals surface area contributed by atoms with Crippen LogP contribution in [0.1, 0.15) is 93.8 Å².